The van der Waals surface area contributed by atoms with Crippen LogP contribution in [0.2, 0.25) is 0 Å². The largest absolute Gasteiger partial charge is 0.441 e. The number of carbonyl (C=O) groups is 1. The van der Waals surface area contributed by atoms with Gasteiger partial charge in [-0.15, -0.1) is 0 Å². The van der Waals surface area contributed by atoms with Gasteiger partial charge in [0.05, 0.1) is 13.2 Å². The van der Waals surface area contributed by atoms with Crippen molar-refractivity contribution in [1.29, 1.82) is 0 Å². The number of hydrogen-bond acceptors (Lipinski definition) is 4. The number of unbranched alkanes of at least 4 members (excludes halogenated alkanes) is 15. The second kappa shape index (κ2) is 22.0. The van der Waals surface area contributed by atoms with Gasteiger partial charge in [-0.1, -0.05) is 103 Å². The van der Waals surface area contributed by atoms with Gasteiger partial charge < -0.3 is 19.5 Å². The molecule has 0 aromatic carbocycles. The second-order valence-electron chi connectivity index (χ2n) is 9.61. The SMILES string of the molecule is CCCCCCCCCCCCCCCCCCOCC(CO)OC(=O)N1CCCCC1. The van der Waals surface area contributed by atoms with E-state index in [1.54, 1.807) is 4.90 Å². The van der Waals surface area contributed by atoms with Crippen LogP contribution < -0.4 is 0 Å². The lowest BCUT2D eigenvalue weighted by molar-refractivity contribution is -0.0210. The summed E-state index contributed by atoms with van der Waals surface area (Å²) < 4.78 is 11.0. The zero-order chi connectivity index (χ0) is 23.1. The Morgan fingerprint density at radius 2 is 1.22 bits per heavy atom. The van der Waals surface area contributed by atoms with Gasteiger partial charge in [0.15, 0.2) is 0 Å². The predicted molar refractivity (Wildman–Crippen MR) is 133 cm³/mol. The van der Waals surface area contributed by atoms with Crippen LogP contribution in [0, 0.1) is 0 Å². The maximum atomic E-state index is 12.1. The number of nitrogens with zero attached hydrogens (tertiary/aromatic N) is 1. The van der Waals surface area contributed by atoms with Crippen LogP contribution >= 0.6 is 0 Å². The van der Waals surface area contributed by atoms with Gasteiger partial charge in [0, 0.05) is 19.7 Å². The monoisotopic (exact) mass is 455 g/mol. The van der Waals surface area contributed by atoms with E-state index in [1.165, 1.54) is 103 Å². The number of likely N-dealkylation sites (tertiary alicyclic amines) is 1. The normalized spacial score (nSPS) is 15.1. The van der Waals surface area contributed by atoms with Crippen molar-refractivity contribution in [1.82, 2.24) is 4.90 Å². The van der Waals surface area contributed by atoms with Crippen LogP contribution in [0.3, 0.4) is 0 Å². The Bertz CT molecular complexity index is 412. The molecule has 5 heteroatoms. The van der Waals surface area contributed by atoms with E-state index in [4.69, 9.17) is 9.47 Å². The van der Waals surface area contributed by atoms with Crippen molar-refractivity contribution in [2.45, 2.75) is 135 Å². The quantitative estimate of drug-likeness (QED) is 0.185. The van der Waals surface area contributed by atoms with Crippen LogP contribution in [0.25, 0.3) is 0 Å². The summed E-state index contributed by atoms with van der Waals surface area (Å²) in [5.74, 6) is 0. The van der Waals surface area contributed by atoms with Crippen LogP contribution in [0.15, 0.2) is 0 Å². The lowest BCUT2D eigenvalue weighted by Gasteiger charge is -2.27. The van der Waals surface area contributed by atoms with E-state index in [9.17, 15) is 9.90 Å². The summed E-state index contributed by atoms with van der Waals surface area (Å²) in [6.45, 7) is 4.58. The molecule has 1 fully saturated rings. The van der Waals surface area contributed by atoms with Crippen molar-refractivity contribution in [3.05, 3.63) is 0 Å². The summed E-state index contributed by atoms with van der Waals surface area (Å²) in [4.78, 5) is 13.8. The Morgan fingerprint density at radius 3 is 1.69 bits per heavy atom. The first-order chi connectivity index (χ1) is 15.8. The van der Waals surface area contributed by atoms with Crippen molar-refractivity contribution in [2.24, 2.45) is 0 Å². The fourth-order valence-corrected chi connectivity index (χ4v) is 4.38. The summed E-state index contributed by atoms with van der Waals surface area (Å²) in [6.07, 6.45) is 24.1. The second-order valence-corrected chi connectivity index (χ2v) is 9.61. The van der Waals surface area contributed by atoms with E-state index in [0.29, 0.717) is 6.61 Å². The van der Waals surface area contributed by atoms with Crippen LogP contribution in [0.4, 0.5) is 4.79 Å². The Hall–Kier alpha value is -0.810. The van der Waals surface area contributed by atoms with Crippen LogP contribution in [0.1, 0.15) is 129 Å². The molecule has 32 heavy (non-hydrogen) atoms. The highest BCUT2D eigenvalue weighted by Gasteiger charge is 2.21. The zero-order valence-corrected chi connectivity index (χ0v) is 21.2. The topological polar surface area (TPSA) is 59.0 Å². The van der Waals surface area contributed by atoms with Crippen LogP contribution in [-0.4, -0.2) is 55.1 Å². The van der Waals surface area contributed by atoms with Gasteiger partial charge >= 0.3 is 6.09 Å². The molecule has 190 valence electrons. The molecule has 0 spiro atoms. The molecular weight excluding hydrogens is 402 g/mol. The Morgan fingerprint density at radius 1 is 0.750 bits per heavy atom. The van der Waals surface area contributed by atoms with E-state index < -0.39 is 6.10 Å². The molecular formula is C27H53NO4. The summed E-state index contributed by atoms with van der Waals surface area (Å²) in [5.41, 5.74) is 0. The molecule has 0 bridgehead atoms. The molecule has 0 saturated carbocycles. The summed E-state index contributed by atoms with van der Waals surface area (Å²) >= 11 is 0. The minimum atomic E-state index is -0.550. The molecule has 5 nitrogen and oxygen atoms in total. The van der Waals surface area contributed by atoms with E-state index in [-0.39, 0.29) is 19.3 Å². The molecule has 1 aliphatic heterocycles. The third-order valence-electron chi connectivity index (χ3n) is 6.53. The summed E-state index contributed by atoms with van der Waals surface area (Å²) in [7, 11) is 0. The van der Waals surface area contributed by atoms with E-state index >= 15 is 0 Å². The van der Waals surface area contributed by atoms with Crippen molar-refractivity contribution < 1.29 is 19.4 Å². The van der Waals surface area contributed by atoms with Crippen molar-refractivity contribution in [2.75, 3.05) is 32.9 Å². The van der Waals surface area contributed by atoms with E-state index in [1.807, 2.05) is 0 Å². The van der Waals surface area contributed by atoms with E-state index in [0.717, 1.165) is 32.4 Å². The molecule has 1 atom stereocenters. The summed E-state index contributed by atoms with van der Waals surface area (Å²) in [6, 6.07) is 0. The maximum Gasteiger partial charge on any atom is 0.410 e. The third kappa shape index (κ3) is 16.8. The van der Waals surface area contributed by atoms with Gasteiger partial charge in [-0.25, -0.2) is 4.79 Å². The smallest absolute Gasteiger partial charge is 0.410 e. The molecule has 0 radical (unpaired) electrons. The minimum Gasteiger partial charge on any atom is -0.441 e. The highest BCUT2D eigenvalue weighted by molar-refractivity contribution is 5.67. The predicted octanol–water partition coefficient (Wildman–Crippen LogP) is 7.25. The lowest BCUT2D eigenvalue weighted by Crippen LogP contribution is -2.39. The van der Waals surface area contributed by atoms with Gasteiger partial charge in [0.25, 0.3) is 0 Å². The first kappa shape index (κ1) is 29.2. The Kier molecular flexibility index (Phi) is 20.1. The molecule has 0 aromatic heterocycles. The molecule has 1 aliphatic rings. The number of ether oxygens (including phenoxy) is 2. The molecule has 1 rings (SSSR count). The lowest BCUT2D eigenvalue weighted by atomic mass is 10.0. The van der Waals surface area contributed by atoms with Gasteiger partial charge in [-0.2, -0.15) is 0 Å². The van der Waals surface area contributed by atoms with Crippen LogP contribution in [-0.2, 0) is 9.47 Å². The van der Waals surface area contributed by atoms with Crippen LogP contribution in [0.5, 0.6) is 0 Å². The van der Waals surface area contributed by atoms with Crippen molar-refractivity contribution >= 4 is 6.09 Å². The first-order valence-corrected chi connectivity index (χ1v) is 13.9. The summed E-state index contributed by atoms with van der Waals surface area (Å²) in [5, 5.41) is 9.44. The number of carbonyl (C=O) groups excluding carboxylic acids is 1. The van der Waals surface area contributed by atoms with Crippen molar-refractivity contribution in [3.8, 4) is 0 Å². The number of amides is 1. The fourth-order valence-electron chi connectivity index (χ4n) is 4.38. The van der Waals surface area contributed by atoms with Crippen molar-refractivity contribution in [3.63, 3.8) is 0 Å². The highest BCUT2D eigenvalue weighted by atomic mass is 16.6. The van der Waals surface area contributed by atoms with Gasteiger partial charge in [0.2, 0.25) is 0 Å². The molecule has 1 unspecified atom stereocenters. The molecule has 1 N–H and O–H groups in total. The molecule has 1 amide bonds. The highest BCUT2D eigenvalue weighted by Crippen LogP contribution is 2.14. The number of rotatable bonds is 21. The number of aliphatic hydroxyl groups is 1. The zero-order valence-electron chi connectivity index (χ0n) is 21.2. The fraction of sp³-hybridized carbons (Fsp3) is 0.963. The Balaban J connectivity index is 1.81. The number of aliphatic hydroxyl groups excluding tert-OH is 1. The average Bonchev–Trinajstić information content (AvgIpc) is 2.83. The van der Waals surface area contributed by atoms with E-state index in [2.05, 4.69) is 6.92 Å². The average molecular weight is 456 g/mol. The molecule has 1 heterocycles. The first-order valence-electron chi connectivity index (χ1n) is 13.9. The third-order valence-corrected chi connectivity index (χ3v) is 6.53. The molecule has 0 aliphatic carbocycles. The van der Waals surface area contributed by atoms with Gasteiger partial charge in [-0.3, -0.25) is 0 Å². The Labute approximate surface area is 198 Å². The minimum absolute atomic E-state index is 0.182. The number of piperidine rings is 1. The molecule has 0 aromatic rings. The standard InChI is InChI=1S/C27H53NO4/c1-2-3-4-5-6-7-8-9-10-11-12-13-14-15-16-20-23-31-25-26(24-29)32-27(30)28-21-18-17-19-22-28/h26,29H,2-25H2,1H3. The molecule has 1 saturated heterocycles. The van der Waals surface area contributed by atoms with Gasteiger partial charge in [0.1, 0.15) is 6.10 Å². The maximum absolute atomic E-state index is 12.1. The van der Waals surface area contributed by atoms with Gasteiger partial charge in [-0.05, 0) is 25.7 Å². The number of hydrogen-bond donors (Lipinski definition) is 1.